The number of aromatic nitrogens is 1. The molecule has 2 aromatic rings. The molecular weight excluding hydrogens is 254 g/mol. The van der Waals surface area contributed by atoms with Gasteiger partial charge in [-0.15, -0.1) is 0 Å². The second kappa shape index (κ2) is 6.06. The molecule has 5 nitrogen and oxygen atoms in total. The zero-order chi connectivity index (χ0) is 14.5. The first-order valence-electron chi connectivity index (χ1n) is 6.39. The van der Waals surface area contributed by atoms with Crippen LogP contribution in [0.5, 0.6) is 11.5 Å². The van der Waals surface area contributed by atoms with Gasteiger partial charge >= 0.3 is 0 Å². The van der Waals surface area contributed by atoms with Crippen LogP contribution in [0.1, 0.15) is 23.0 Å². The predicted octanol–water partition coefficient (Wildman–Crippen LogP) is 2.51. The Bertz CT molecular complexity index is 626. The minimum Gasteiger partial charge on any atom is -0.453 e. The molecule has 0 fully saturated rings. The van der Waals surface area contributed by atoms with Gasteiger partial charge in [0.15, 0.2) is 0 Å². The van der Waals surface area contributed by atoms with Crippen LogP contribution in [0.25, 0.3) is 0 Å². The zero-order valence-corrected chi connectivity index (χ0v) is 11.5. The first kappa shape index (κ1) is 13.9. The molecule has 0 bridgehead atoms. The van der Waals surface area contributed by atoms with Crippen LogP contribution in [0.4, 0.5) is 5.69 Å². The van der Waals surface area contributed by atoms with E-state index < -0.39 is 0 Å². The van der Waals surface area contributed by atoms with Crippen LogP contribution in [0, 0.1) is 6.92 Å². The molecule has 2 rings (SSSR count). The monoisotopic (exact) mass is 271 g/mol. The maximum absolute atomic E-state index is 11.7. The summed E-state index contributed by atoms with van der Waals surface area (Å²) < 4.78 is 5.72. The van der Waals surface area contributed by atoms with E-state index in [1.54, 1.807) is 30.5 Å². The first-order valence-corrected chi connectivity index (χ1v) is 6.39. The number of anilines is 1. The number of aryl methyl sites for hydroxylation is 1. The molecule has 1 amide bonds. The second-order valence-electron chi connectivity index (χ2n) is 4.30. The fourth-order valence-electron chi connectivity index (χ4n) is 1.74. The fraction of sp³-hybridized carbons (Fsp3) is 0.200. The van der Waals surface area contributed by atoms with Gasteiger partial charge in [-0.3, -0.25) is 9.78 Å². The number of nitrogen functional groups attached to an aromatic ring is 1. The van der Waals surface area contributed by atoms with Crippen molar-refractivity contribution < 1.29 is 9.53 Å². The van der Waals surface area contributed by atoms with Gasteiger partial charge in [0, 0.05) is 18.3 Å². The number of rotatable bonds is 4. The van der Waals surface area contributed by atoms with Crippen LogP contribution >= 0.6 is 0 Å². The smallest absolute Gasteiger partial charge is 0.251 e. The average molecular weight is 271 g/mol. The molecule has 0 atom stereocenters. The van der Waals surface area contributed by atoms with Crippen LogP contribution < -0.4 is 15.8 Å². The SMILES string of the molecule is CCNC(=O)c1ccc(Oc2cccnc2C)c(N)c1. The van der Waals surface area contributed by atoms with Crippen molar-refractivity contribution in [3.8, 4) is 11.5 Å². The molecular formula is C15H17N3O2. The molecule has 1 aromatic carbocycles. The molecule has 5 heteroatoms. The number of amides is 1. The molecule has 1 aromatic heterocycles. The Morgan fingerprint density at radius 1 is 1.35 bits per heavy atom. The van der Waals surface area contributed by atoms with Crippen molar-refractivity contribution in [1.29, 1.82) is 0 Å². The van der Waals surface area contributed by atoms with Gasteiger partial charge in [0.2, 0.25) is 0 Å². The number of nitrogens with one attached hydrogen (secondary N) is 1. The molecule has 0 saturated carbocycles. The summed E-state index contributed by atoms with van der Waals surface area (Å²) in [6, 6.07) is 8.59. The summed E-state index contributed by atoms with van der Waals surface area (Å²) in [4.78, 5) is 15.8. The van der Waals surface area contributed by atoms with E-state index in [1.807, 2.05) is 19.9 Å². The Kier molecular flexibility index (Phi) is 4.20. The number of carbonyl (C=O) groups excluding carboxylic acids is 1. The maximum Gasteiger partial charge on any atom is 0.251 e. The number of benzene rings is 1. The standard InChI is InChI=1S/C15H17N3O2/c1-3-17-15(19)11-6-7-14(12(16)9-11)20-13-5-4-8-18-10(13)2/h4-9H,3,16H2,1-2H3,(H,17,19). The number of ether oxygens (including phenoxy) is 1. The summed E-state index contributed by atoms with van der Waals surface area (Å²) in [5.41, 5.74) is 7.63. The van der Waals surface area contributed by atoms with Crippen molar-refractivity contribution in [3.05, 3.63) is 47.8 Å². The largest absolute Gasteiger partial charge is 0.453 e. The molecule has 20 heavy (non-hydrogen) atoms. The van der Waals surface area contributed by atoms with Crippen molar-refractivity contribution in [3.63, 3.8) is 0 Å². The van der Waals surface area contributed by atoms with Crippen molar-refractivity contribution in [2.75, 3.05) is 12.3 Å². The minimum atomic E-state index is -0.150. The fourth-order valence-corrected chi connectivity index (χ4v) is 1.74. The zero-order valence-electron chi connectivity index (χ0n) is 11.5. The van der Waals surface area contributed by atoms with Crippen LogP contribution in [0.2, 0.25) is 0 Å². The van der Waals surface area contributed by atoms with E-state index in [1.165, 1.54) is 0 Å². The Balaban J connectivity index is 2.22. The number of hydrogen-bond acceptors (Lipinski definition) is 4. The maximum atomic E-state index is 11.7. The summed E-state index contributed by atoms with van der Waals surface area (Å²) in [7, 11) is 0. The number of pyridine rings is 1. The summed E-state index contributed by atoms with van der Waals surface area (Å²) in [6.07, 6.45) is 1.70. The highest BCUT2D eigenvalue weighted by atomic mass is 16.5. The lowest BCUT2D eigenvalue weighted by Crippen LogP contribution is -2.22. The molecule has 3 N–H and O–H groups in total. The normalized spacial score (nSPS) is 10.1. The Labute approximate surface area is 117 Å². The van der Waals surface area contributed by atoms with Gasteiger partial charge in [-0.2, -0.15) is 0 Å². The third-order valence-corrected chi connectivity index (χ3v) is 2.79. The average Bonchev–Trinajstić information content (AvgIpc) is 2.43. The highest BCUT2D eigenvalue weighted by Gasteiger charge is 2.09. The molecule has 0 spiro atoms. The van der Waals surface area contributed by atoms with Crippen LogP contribution in [-0.2, 0) is 0 Å². The topological polar surface area (TPSA) is 77.2 Å². The number of nitrogens with zero attached hydrogens (tertiary/aromatic N) is 1. The van der Waals surface area contributed by atoms with Crippen molar-refractivity contribution in [1.82, 2.24) is 10.3 Å². The molecule has 0 aliphatic heterocycles. The summed E-state index contributed by atoms with van der Waals surface area (Å²) in [6.45, 7) is 4.30. The van der Waals surface area contributed by atoms with Crippen LogP contribution in [0.15, 0.2) is 36.5 Å². The third-order valence-electron chi connectivity index (χ3n) is 2.79. The lowest BCUT2D eigenvalue weighted by Gasteiger charge is -2.11. The van der Waals surface area contributed by atoms with Crippen molar-refractivity contribution in [2.24, 2.45) is 0 Å². The van der Waals surface area contributed by atoms with E-state index in [0.29, 0.717) is 29.3 Å². The molecule has 0 aliphatic carbocycles. The van der Waals surface area contributed by atoms with Gasteiger partial charge in [0.1, 0.15) is 11.5 Å². The van der Waals surface area contributed by atoms with Gasteiger partial charge < -0.3 is 15.8 Å². The van der Waals surface area contributed by atoms with E-state index in [0.717, 1.165) is 5.69 Å². The first-order chi connectivity index (χ1) is 9.61. The lowest BCUT2D eigenvalue weighted by molar-refractivity contribution is 0.0956. The van der Waals surface area contributed by atoms with Crippen molar-refractivity contribution >= 4 is 11.6 Å². The molecule has 104 valence electrons. The van der Waals surface area contributed by atoms with Crippen LogP contribution in [0.3, 0.4) is 0 Å². The highest BCUT2D eigenvalue weighted by Crippen LogP contribution is 2.29. The van der Waals surface area contributed by atoms with E-state index >= 15 is 0 Å². The Morgan fingerprint density at radius 2 is 2.15 bits per heavy atom. The van der Waals surface area contributed by atoms with E-state index in [9.17, 15) is 4.79 Å². The second-order valence-corrected chi connectivity index (χ2v) is 4.30. The number of nitrogens with two attached hydrogens (primary N) is 1. The van der Waals surface area contributed by atoms with Crippen LogP contribution in [-0.4, -0.2) is 17.4 Å². The van der Waals surface area contributed by atoms with Gasteiger partial charge in [-0.25, -0.2) is 0 Å². The third kappa shape index (κ3) is 3.06. The van der Waals surface area contributed by atoms with Gasteiger partial charge in [0.25, 0.3) is 5.91 Å². The summed E-state index contributed by atoms with van der Waals surface area (Å²) >= 11 is 0. The predicted molar refractivity (Wildman–Crippen MR) is 77.9 cm³/mol. The summed E-state index contributed by atoms with van der Waals surface area (Å²) in [5, 5.41) is 2.72. The van der Waals surface area contributed by atoms with E-state index in [-0.39, 0.29) is 5.91 Å². The molecule has 0 saturated heterocycles. The van der Waals surface area contributed by atoms with Crippen molar-refractivity contribution in [2.45, 2.75) is 13.8 Å². The quantitative estimate of drug-likeness (QED) is 0.838. The Hall–Kier alpha value is -2.56. The van der Waals surface area contributed by atoms with Gasteiger partial charge in [-0.1, -0.05) is 0 Å². The van der Waals surface area contributed by atoms with E-state index in [4.69, 9.17) is 10.5 Å². The Morgan fingerprint density at radius 3 is 2.80 bits per heavy atom. The molecule has 0 aliphatic rings. The minimum absolute atomic E-state index is 0.150. The molecule has 0 radical (unpaired) electrons. The van der Waals surface area contributed by atoms with Gasteiger partial charge in [0.05, 0.1) is 11.4 Å². The van der Waals surface area contributed by atoms with E-state index in [2.05, 4.69) is 10.3 Å². The number of carbonyl (C=O) groups is 1. The summed E-state index contributed by atoms with van der Waals surface area (Å²) in [5.74, 6) is 1.00. The highest BCUT2D eigenvalue weighted by molar-refractivity contribution is 5.95. The van der Waals surface area contributed by atoms with Gasteiger partial charge in [-0.05, 0) is 44.2 Å². The molecule has 0 unspecified atom stereocenters. The lowest BCUT2D eigenvalue weighted by atomic mass is 10.1. The number of hydrogen-bond donors (Lipinski definition) is 2. The molecule has 1 heterocycles.